The van der Waals surface area contributed by atoms with Crippen LogP contribution in [0.15, 0.2) is 85.1 Å². The number of aromatic nitrogens is 1. The van der Waals surface area contributed by atoms with Crippen LogP contribution in [0, 0.1) is 17.1 Å². The van der Waals surface area contributed by atoms with Crippen molar-refractivity contribution in [3.8, 4) is 23.1 Å². The third kappa shape index (κ3) is 5.97. The average Bonchev–Trinajstić information content (AvgIpc) is 3.59. The van der Waals surface area contributed by atoms with Crippen LogP contribution in [0.4, 0.5) is 10.1 Å². The Kier molecular flexibility index (Phi) is 8.11. The molecule has 1 aromatic heterocycles. The van der Waals surface area contributed by atoms with Crippen molar-refractivity contribution in [3.63, 3.8) is 0 Å². The zero-order chi connectivity index (χ0) is 28.9. The summed E-state index contributed by atoms with van der Waals surface area (Å²) in [4.78, 5) is 19.2. The zero-order valence-electron chi connectivity index (χ0n) is 23.2. The van der Waals surface area contributed by atoms with Gasteiger partial charge in [0.2, 0.25) is 5.88 Å². The molecule has 1 amide bonds. The summed E-state index contributed by atoms with van der Waals surface area (Å²) < 4.78 is 21.1. The third-order valence-electron chi connectivity index (χ3n) is 7.92. The average molecular weight is 562 g/mol. The highest BCUT2D eigenvalue weighted by atomic mass is 19.1. The summed E-state index contributed by atoms with van der Waals surface area (Å²) in [5.74, 6) is -0.273. The number of fused-ring (bicyclic) bond motifs is 1. The number of halogens is 1. The molecule has 6 rings (SSSR count). The minimum atomic E-state index is -0.510. The molecular weight excluding hydrogens is 529 g/mol. The van der Waals surface area contributed by atoms with E-state index >= 15 is 0 Å². The molecule has 0 spiro atoms. The first-order valence-electron chi connectivity index (χ1n) is 14.4. The largest absolute Gasteiger partial charge is 0.469 e. The van der Waals surface area contributed by atoms with Gasteiger partial charge >= 0.3 is 0 Å². The predicted octanol–water partition coefficient (Wildman–Crippen LogP) is 5.74. The van der Waals surface area contributed by atoms with Crippen LogP contribution in [-0.4, -0.2) is 48.1 Å². The molecule has 3 heterocycles. The van der Waals surface area contributed by atoms with E-state index in [1.165, 1.54) is 6.07 Å². The fraction of sp³-hybridized carbons (Fsp3) is 0.265. The van der Waals surface area contributed by atoms with Crippen LogP contribution >= 0.6 is 0 Å². The standard InChI is InChI=1S/C34H32FN5O2/c35-29-13-12-26(18-28(29)34(41)40-16-4-5-17-40)27-19-30-33(39-21-27)42-31(22-38-30)32(25-6-2-1-3-7-25)37-15-14-23-8-10-24(20-36)11-9-23/h1-3,6-13,18-19,21,31-32,37-38H,4-5,14-17,22H2/t31-,32+/m0/s1. The van der Waals surface area contributed by atoms with Gasteiger partial charge in [-0.3, -0.25) is 4.79 Å². The molecule has 7 nitrogen and oxygen atoms in total. The zero-order valence-corrected chi connectivity index (χ0v) is 23.2. The van der Waals surface area contributed by atoms with Crippen LogP contribution in [0.5, 0.6) is 5.88 Å². The number of nitrogens with one attached hydrogen (secondary N) is 2. The minimum absolute atomic E-state index is 0.0806. The Morgan fingerprint density at radius 3 is 2.62 bits per heavy atom. The summed E-state index contributed by atoms with van der Waals surface area (Å²) in [6, 6.07) is 26.5. The Morgan fingerprint density at radius 2 is 1.86 bits per heavy atom. The van der Waals surface area contributed by atoms with Gasteiger partial charge in [-0.2, -0.15) is 5.26 Å². The van der Waals surface area contributed by atoms with Gasteiger partial charge in [0.1, 0.15) is 11.9 Å². The maximum Gasteiger partial charge on any atom is 0.256 e. The number of hydrogen-bond acceptors (Lipinski definition) is 6. The Bertz CT molecular complexity index is 1600. The summed E-state index contributed by atoms with van der Waals surface area (Å²) in [6.45, 7) is 2.62. The lowest BCUT2D eigenvalue weighted by Gasteiger charge is -2.33. The summed E-state index contributed by atoms with van der Waals surface area (Å²) in [5.41, 5.74) is 5.27. The van der Waals surface area contributed by atoms with Crippen molar-refractivity contribution in [3.05, 3.63) is 113 Å². The molecule has 2 atom stereocenters. The molecule has 1 fully saturated rings. The molecule has 0 bridgehead atoms. The van der Waals surface area contributed by atoms with E-state index in [1.807, 2.05) is 48.5 Å². The third-order valence-corrected chi connectivity index (χ3v) is 7.92. The van der Waals surface area contributed by atoms with Crippen LogP contribution in [0.3, 0.4) is 0 Å². The number of ether oxygens (including phenoxy) is 1. The molecule has 0 unspecified atom stereocenters. The van der Waals surface area contributed by atoms with Gasteiger partial charge in [-0.05, 0) is 72.8 Å². The van der Waals surface area contributed by atoms with E-state index in [1.54, 1.807) is 23.2 Å². The maximum atomic E-state index is 14.6. The Labute approximate surface area is 245 Å². The molecule has 212 valence electrons. The summed E-state index contributed by atoms with van der Waals surface area (Å²) in [7, 11) is 0. The maximum absolute atomic E-state index is 14.6. The number of carbonyl (C=O) groups excluding carboxylic acids is 1. The summed E-state index contributed by atoms with van der Waals surface area (Å²) >= 11 is 0. The molecule has 2 N–H and O–H groups in total. The monoisotopic (exact) mass is 561 g/mol. The van der Waals surface area contributed by atoms with Crippen molar-refractivity contribution in [1.29, 1.82) is 5.26 Å². The minimum Gasteiger partial charge on any atom is -0.469 e. The number of benzene rings is 3. The van der Waals surface area contributed by atoms with Gasteiger partial charge in [0.25, 0.3) is 5.91 Å². The summed E-state index contributed by atoms with van der Waals surface area (Å²) in [5, 5.41) is 16.2. The lowest BCUT2D eigenvalue weighted by molar-refractivity contribution is 0.0788. The molecule has 0 saturated carbocycles. The molecule has 2 aliphatic rings. The number of likely N-dealkylation sites (tertiary alicyclic amines) is 1. The van der Waals surface area contributed by atoms with E-state index in [4.69, 9.17) is 10.00 Å². The van der Waals surface area contributed by atoms with Crippen molar-refractivity contribution in [2.75, 3.05) is 31.5 Å². The van der Waals surface area contributed by atoms with Gasteiger partial charge in [-0.25, -0.2) is 9.37 Å². The molecule has 42 heavy (non-hydrogen) atoms. The SMILES string of the molecule is N#Cc1ccc(CCN[C@H](c2ccccc2)[C@@H]2CNc3cc(-c4ccc(F)c(C(=O)N5CCCC5)c4)cnc3O2)cc1. The van der Waals surface area contributed by atoms with E-state index in [0.717, 1.165) is 53.7 Å². The van der Waals surface area contributed by atoms with E-state index in [0.29, 0.717) is 31.1 Å². The Hall–Kier alpha value is -4.74. The second-order valence-electron chi connectivity index (χ2n) is 10.7. The van der Waals surface area contributed by atoms with E-state index in [2.05, 4.69) is 33.8 Å². The van der Waals surface area contributed by atoms with Gasteiger partial charge in [0.15, 0.2) is 0 Å². The van der Waals surface area contributed by atoms with Gasteiger partial charge in [0, 0.05) is 24.8 Å². The number of anilines is 1. The number of amides is 1. The number of carbonyl (C=O) groups is 1. The van der Waals surface area contributed by atoms with E-state index in [-0.39, 0.29) is 23.6 Å². The highest BCUT2D eigenvalue weighted by Gasteiger charge is 2.30. The van der Waals surface area contributed by atoms with Crippen molar-refractivity contribution in [1.82, 2.24) is 15.2 Å². The smallest absolute Gasteiger partial charge is 0.256 e. The summed E-state index contributed by atoms with van der Waals surface area (Å²) in [6.07, 6.45) is 4.21. The molecule has 8 heteroatoms. The quantitative estimate of drug-likeness (QED) is 0.285. The number of nitriles is 1. The van der Waals surface area contributed by atoms with Gasteiger partial charge < -0.3 is 20.3 Å². The van der Waals surface area contributed by atoms with E-state index < -0.39 is 5.82 Å². The second-order valence-corrected chi connectivity index (χ2v) is 10.7. The lowest BCUT2D eigenvalue weighted by Crippen LogP contribution is -2.43. The molecule has 2 aliphatic heterocycles. The van der Waals surface area contributed by atoms with Crippen molar-refractivity contribution in [2.45, 2.75) is 31.4 Å². The first kappa shape index (κ1) is 27.4. The molecular formula is C34H32FN5O2. The Balaban J connectivity index is 1.17. The molecule has 0 radical (unpaired) electrons. The fourth-order valence-electron chi connectivity index (χ4n) is 5.61. The number of hydrogen-bond donors (Lipinski definition) is 2. The second kappa shape index (κ2) is 12.4. The topological polar surface area (TPSA) is 90.3 Å². The number of pyridine rings is 1. The lowest BCUT2D eigenvalue weighted by atomic mass is 9.99. The van der Waals surface area contributed by atoms with Crippen LogP contribution in [-0.2, 0) is 6.42 Å². The van der Waals surface area contributed by atoms with Crippen LogP contribution in [0.2, 0.25) is 0 Å². The highest BCUT2D eigenvalue weighted by Crippen LogP contribution is 2.35. The molecule has 4 aromatic rings. The molecule has 3 aromatic carbocycles. The first-order chi connectivity index (χ1) is 20.6. The van der Waals surface area contributed by atoms with E-state index in [9.17, 15) is 9.18 Å². The number of rotatable bonds is 8. The van der Waals surface area contributed by atoms with Gasteiger partial charge in [-0.1, -0.05) is 48.5 Å². The fourth-order valence-corrected chi connectivity index (χ4v) is 5.61. The molecule has 1 saturated heterocycles. The normalized spacial score (nSPS) is 16.6. The van der Waals surface area contributed by atoms with Crippen LogP contribution < -0.4 is 15.4 Å². The number of nitrogens with zero attached hydrogens (tertiary/aromatic N) is 3. The Morgan fingerprint density at radius 1 is 1.07 bits per heavy atom. The van der Waals surface area contributed by atoms with Gasteiger partial charge in [-0.15, -0.1) is 0 Å². The van der Waals surface area contributed by atoms with Crippen molar-refractivity contribution >= 4 is 11.6 Å². The molecule has 0 aliphatic carbocycles. The highest BCUT2D eigenvalue weighted by molar-refractivity contribution is 5.96. The van der Waals surface area contributed by atoms with Crippen LogP contribution in [0.1, 0.15) is 45.9 Å². The first-order valence-corrected chi connectivity index (χ1v) is 14.4. The van der Waals surface area contributed by atoms with Gasteiger partial charge in [0.05, 0.1) is 35.5 Å². The van der Waals surface area contributed by atoms with Crippen LogP contribution in [0.25, 0.3) is 11.1 Å². The van der Waals surface area contributed by atoms with Crippen molar-refractivity contribution in [2.24, 2.45) is 0 Å². The predicted molar refractivity (Wildman–Crippen MR) is 160 cm³/mol. The van der Waals surface area contributed by atoms with Crippen molar-refractivity contribution < 1.29 is 13.9 Å².